The van der Waals surface area contributed by atoms with E-state index in [1.54, 1.807) is 0 Å². The van der Waals surface area contributed by atoms with Crippen molar-refractivity contribution in [3.63, 3.8) is 0 Å². The van der Waals surface area contributed by atoms with E-state index in [9.17, 15) is 0 Å². The molecule has 0 fully saturated rings. The first-order chi connectivity index (χ1) is 7.56. The van der Waals surface area contributed by atoms with Crippen LogP contribution in [0.1, 0.15) is 20.3 Å². The number of likely N-dealkylation sites (N-methyl/N-ethyl adjacent to an activating group) is 1. The lowest BCUT2D eigenvalue weighted by molar-refractivity contribution is 0.218. The zero-order valence-corrected chi connectivity index (χ0v) is 11.1. The highest BCUT2D eigenvalue weighted by atomic mass is 15.2. The molecule has 5 heteroatoms. The van der Waals surface area contributed by atoms with Gasteiger partial charge >= 0.3 is 0 Å². The third-order valence-electron chi connectivity index (χ3n) is 2.28. The largest absolute Gasteiger partial charge is 0.308 e. The number of hydrogen-bond donors (Lipinski definition) is 0. The molecule has 0 heterocycles. The average Bonchev–Trinajstić information content (AvgIpc) is 2.19. The van der Waals surface area contributed by atoms with Crippen molar-refractivity contribution in [2.24, 2.45) is 11.0 Å². The molecule has 0 atom stereocenters. The van der Waals surface area contributed by atoms with Gasteiger partial charge in [0.05, 0.1) is 0 Å². The van der Waals surface area contributed by atoms with E-state index in [4.69, 9.17) is 5.53 Å². The highest BCUT2D eigenvalue weighted by Crippen LogP contribution is 2.00. The molecule has 0 aliphatic rings. The topological polar surface area (TPSA) is 55.2 Å². The van der Waals surface area contributed by atoms with E-state index in [-0.39, 0.29) is 0 Å². The van der Waals surface area contributed by atoms with Crippen molar-refractivity contribution < 1.29 is 0 Å². The molecule has 0 spiro atoms. The average molecular weight is 227 g/mol. The summed E-state index contributed by atoms with van der Waals surface area (Å²) in [5, 5.41) is 3.56. The van der Waals surface area contributed by atoms with Crippen LogP contribution in [0.2, 0.25) is 0 Å². The Bertz CT molecular complexity index is 208. The van der Waals surface area contributed by atoms with Crippen LogP contribution in [0.5, 0.6) is 0 Å². The molecule has 0 aliphatic heterocycles. The van der Waals surface area contributed by atoms with Crippen molar-refractivity contribution in [2.45, 2.75) is 20.3 Å². The minimum Gasteiger partial charge on any atom is -0.308 e. The summed E-state index contributed by atoms with van der Waals surface area (Å²) in [5.74, 6) is 0.682. The van der Waals surface area contributed by atoms with Gasteiger partial charge < -0.3 is 9.80 Å². The fourth-order valence-corrected chi connectivity index (χ4v) is 1.56. The number of hydrogen-bond acceptors (Lipinski definition) is 3. The first-order valence-electron chi connectivity index (χ1n) is 5.94. The predicted octanol–water partition coefficient (Wildman–Crippen LogP) is 2.21. The summed E-state index contributed by atoms with van der Waals surface area (Å²) >= 11 is 0. The molecule has 0 N–H and O–H groups in total. The molecule has 0 unspecified atom stereocenters. The van der Waals surface area contributed by atoms with Gasteiger partial charge in [-0.15, -0.1) is 0 Å². The Balaban J connectivity index is 3.84. The molecule has 94 valence electrons. The van der Waals surface area contributed by atoms with Crippen molar-refractivity contribution in [1.29, 1.82) is 0 Å². The van der Waals surface area contributed by atoms with Crippen molar-refractivity contribution >= 4 is 0 Å². The second kappa shape index (κ2) is 9.46. The fraction of sp³-hybridized carbons (Fsp3) is 1.00. The maximum Gasteiger partial charge on any atom is 0.0270 e. The molecule has 0 radical (unpaired) electrons. The van der Waals surface area contributed by atoms with E-state index >= 15 is 0 Å². The van der Waals surface area contributed by atoms with Gasteiger partial charge in [-0.3, -0.25) is 0 Å². The summed E-state index contributed by atoms with van der Waals surface area (Å²) < 4.78 is 0. The van der Waals surface area contributed by atoms with E-state index in [0.29, 0.717) is 12.5 Å². The fourth-order valence-electron chi connectivity index (χ4n) is 1.56. The second-order valence-corrected chi connectivity index (χ2v) is 4.81. The molecular formula is C11H25N5. The lowest BCUT2D eigenvalue weighted by Gasteiger charge is -2.25. The normalized spacial score (nSPS) is 11.2. The first-order valence-corrected chi connectivity index (χ1v) is 5.94. The monoisotopic (exact) mass is 227 g/mol. The first kappa shape index (κ1) is 15.2. The van der Waals surface area contributed by atoms with E-state index in [1.807, 2.05) is 0 Å². The molecule has 5 nitrogen and oxygen atoms in total. The summed E-state index contributed by atoms with van der Waals surface area (Å²) in [5.41, 5.74) is 8.19. The summed E-state index contributed by atoms with van der Waals surface area (Å²) in [6.07, 6.45) is 0.949. The van der Waals surface area contributed by atoms with Crippen LogP contribution in [0.3, 0.4) is 0 Å². The van der Waals surface area contributed by atoms with E-state index in [1.165, 1.54) is 0 Å². The van der Waals surface area contributed by atoms with Crippen LogP contribution in [0.4, 0.5) is 0 Å². The molecular weight excluding hydrogens is 202 g/mol. The Morgan fingerprint density at radius 1 is 1.19 bits per heavy atom. The Morgan fingerprint density at radius 2 is 1.88 bits per heavy atom. The number of azide groups is 1. The van der Waals surface area contributed by atoms with Crippen LogP contribution < -0.4 is 0 Å². The molecule has 16 heavy (non-hydrogen) atoms. The smallest absolute Gasteiger partial charge is 0.0270 e. The quantitative estimate of drug-likeness (QED) is 0.262. The lowest BCUT2D eigenvalue weighted by atomic mass is 10.2. The van der Waals surface area contributed by atoms with Gasteiger partial charge in [0.2, 0.25) is 0 Å². The molecule has 0 aromatic carbocycles. The van der Waals surface area contributed by atoms with Gasteiger partial charge in [0, 0.05) is 31.1 Å². The molecule has 0 amide bonds. The summed E-state index contributed by atoms with van der Waals surface area (Å²) in [7, 11) is 4.18. The Hall–Kier alpha value is -0.770. The zero-order valence-electron chi connectivity index (χ0n) is 11.1. The summed E-state index contributed by atoms with van der Waals surface area (Å²) in [6.45, 7) is 9.37. The predicted molar refractivity (Wildman–Crippen MR) is 68.5 cm³/mol. The number of nitrogens with zero attached hydrogens (tertiary/aromatic N) is 5. The van der Waals surface area contributed by atoms with Crippen LogP contribution in [0.15, 0.2) is 5.11 Å². The van der Waals surface area contributed by atoms with E-state index in [0.717, 1.165) is 32.6 Å². The van der Waals surface area contributed by atoms with Gasteiger partial charge in [0.1, 0.15) is 0 Å². The molecule has 0 rings (SSSR count). The van der Waals surface area contributed by atoms with Crippen LogP contribution in [0.25, 0.3) is 10.4 Å². The standard InChI is InChI=1S/C11H25N5/c1-11(2)10-16(9-8-15(3)4)7-5-6-13-14-12/h11H,5-10H2,1-4H3. The highest BCUT2D eigenvalue weighted by Gasteiger charge is 2.06. The van der Waals surface area contributed by atoms with Gasteiger partial charge in [-0.1, -0.05) is 19.0 Å². The van der Waals surface area contributed by atoms with Crippen molar-refractivity contribution in [1.82, 2.24) is 9.80 Å². The molecule has 0 saturated carbocycles. The van der Waals surface area contributed by atoms with Gasteiger partial charge in [0.15, 0.2) is 0 Å². The SMILES string of the molecule is CC(C)CN(CCCN=[N+]=[N-])CCN(C)C. The van der Waals surface area contributed by atoms with Gasteiger partial charge in [-0.2, -0.15) is 0 Å². The van der Waals surface area contributed by atoms with E-state index in [2.05, 4.69) is 47.8 Å². The Labute approximate surface area is 99.0 Å². The minimum atomic E-state index is 0.604. The van der Waals surface area contributed by atoms with Crippen LogP contribution >= 0.6 is 0 Å². The summed E-state index contributed by atoms with van der Waals surface area (Å²) in [6, 6.07) is 0. The highest BCUT2D eigenvalue weighted by molar-refractivity contribution is 4.63. The molecule has 0 aliphatic carbocycles. The van der Waals surface area contributed by atoms with E-state index < -0.39 is 0 Å². The van der Waals surface area contributed by atoms with Crippen LogP contribution in [-0.2, 0) is 0 Å². The lowest BCUT2D eigenvalue weighted by Crippen LogP contribution is -2.35. The third-order valence-corrected chi connectivity index (χ3v) is 2.28. The van der Waals surface area contributed by atoms with Gasteiger partial charge in [-0.25, -0.2) is 0 Å². The number of rotatable bonds is 9. The Morgan fingerprint density at radius 3 is 2.38 bits per heavy atom. The minimum absolute atomic E-state index is 0.604. The van der Waals surface area contributed by atoms with Gasteiger partial charge in [0.25, 0.3) is 0 Å². The van der Waals surface area contributed by atoms with Crippen molar-refractivity contribution in [3.8, 4) is 0 Å². The molecule has 0 bridgehead atoms. The maximum atomic E-state index is 8.19. The Kier molecular flexibility index (Phi) is 9.00. The van der Waals surface area contributed by atoms with Crippen LogP contribution in [0, 0.1) is 5.92 Å². The van der Waals surface area contributed by atoms with Crippen molar-refractivity contribution in [2.75, 3.05) is 46.8 Å². The second-order valence-electron chi connectivity index (χ2n) is 4.81. The molecule has 0 saturated heterocycles. The molecule has 0 aromatic heterocycles. The zero-order chi connectivity index (χ0) is 12.4. The van der Waals surface area contributed by atoms with Crippen molar-refractivity contribution in [3.05, 3.63) is 10.4 Å². The van der Waals surface area contributed by atoms with Gasteiger partial charge in [-0.05, 0) is 38.5 Å². The molecule has 0 aromatic rings. The maximum absolute atomic E-state index is 8.19. The summed E-state index contributed by atoms with van der Waals surface area (Å²) in [4.78, 5) is 7.40. The van der Waals surface area contributed by atoms with Crippen LogP contribution in [-0.4, -0.2) is 56.6 Å². The third kappa shape index (κ3) is 9.77.